The SMILES string of the molecule is BrCc1ccccc1.CC.CC.CC.CC.CC.CCOC(=O)C(CC(=O)N[C@H](C)c1ccccc1)(Cc1ccccc1)C(C)=O.CCOC(=O)C(Cc1ccccc1)(NC(=O)OC(C)(C)C)C(C)=O.CCOC(=O)C(N)(Cc1ccccc1)C(C)=O.CCOC(=O)C(NC(=O)OC(C)(C)C)C(C)=O.C[C@@H](N=O)c1ccccc1.C[C@H](c1ccccc1)N1C(=O)CC(Cc2ccccc2)(C(=O)CO)C1=O.Nc1ccccc1N.[Li+].[OH-]. The molecule has 10 rings (SSSR count). The summed E-state index contributed by atoms with van der Waals surface area (Å²) in [5.74, 6) is -6.59. The van der Waals surface area contributed by atoms with E-state index in [0.29, 0.717) is 11.4 Å². The predicted octanol–water partition coefficient (Wildman–Crippen LogP) is 18.6. The van der Waals surface area contributed by atoms with Crippen molar-refractivity contribution >= 4 is 110 Å². The van der Waals surface area contributed by atoms with Crippen molar-refractivity contribution in [2.75, 3.05) is 44.5 Å². The van der Waals surface area contributed by atoms with Crippen LogP contribution < -0.4 is 52.0 Å². The van der Waals surface area contributed by atoms with Gasteiger partial charge in [0.1, 0.15) is 40.5 Å². The van der Waals surface area contributed by atoms with Gasteiger partial charge in [-0.25, -0.2) is 24.0 Å². The third-order valence-corrected chi connectivity index (χ3v) is 21.4. The summed E-state index contributed by atoms with van der Waals surface area (Å²) in [7, 11) is 0. The number of rotatable bonds is 33. The van der Waals surface area contributed by atoms with E-state index < -0.39 is 111 Å². The molecule has 1 aliphatic rings. The average Bonchev–Trinajstić information content (AvgIpc) is 1.59. The third-order valence-electron chi connectivity index (χ3n) is 20.7. The van der Waals surface area contributed by atoms with Crippen molar-refractivity contribution in [2.45, 2.75) is 277 Å². The normalized spacial score (nSPS) is 13.4. The molecule has 9 aromatic carbocycles. The van der Waals surface area contributed by atoms with Crippen LogP contribution in [0.4, 0.5) is 21.0 Å². The number of hydrogen-bond acceptors (Lipinski definition) is 27. The smallest absolute Gasteiger partial charge is 0.870 e. The van der Waals surface area contributed by atoms with Crippen molar-refractivity contribution in [3.05, 3.63) is 316 Å². The van der Waals surface area contributed by atoms with Crippen LogP contribution in [-0.4, -0.2) is 160 Å². The van der Waals surface area contributed by atoms with Gasteiger partial charge >= 0.3 is 54.9 Å². The first-order chi connectivity index (χ1) is 70.2. The zero-order chi connectivity index (χ0) is 113. The summed E-state index contributed by atoms with van der Waals surface area (Å²) in [6, 6.07) is 80.0. The Balaban J connectivity index is -0.000000541. The van der Waals surface area contributed by atoms with Crippen LogP contribution in [0.15, 0.2) is 272 Å². The van der Waals surface area contributed by atoms with Gasteiger partial charge in [0, 0.05) is 24.6 Å². The van der Waals surface area contributed by atoms with Crippen LogP contribution in [0.2, 0.25) is 0 Å². The number of nitroso groups, excluding NO2 is 1. The van der Waals surface area contributed by atoms with Crippen molar-refractivity contribution in [3.63, 3.8) is 0 Å². The number of imide groups is 1. The van der Waals surface area contributed by atoms with Gasteiger partial charge in [-0.15, -0.1) is 0 Å². The summed E-state index contributed by atoms with van der Waals surface area (Å²) >= 11 is 3.36. The van der Waals surface area contributed by atoms with E-state index in [1.54, 1.807) is 119 Å². The summed E-state index contributed by atoms with van der Waals surface area (Å²) in [6.07, 6.45) is -1.77. The molecule has 5 unspecified atom stereocenters. The van der Waals surface area contributed by atoms with Gasteiger partial charge in [0.05, 0.1) is 56.3 Å². The number of benzene rings is 9. The molecule has 1 aliphatic heterocycles. The molecule has 1 saturated heterocycles. The van der Waals surface area contributed by atoms with Crippen LogP contribution in [0, 0.1) is 15.7 Å². The Morgan fingerprint density at radius 3 is 1.14 bits per heavy atom. The molecule has 0 bridgehead atoms. The fraction of sp³-hybridized carbons (Fsp3) is 0.419. The van der Waals surface area contributed by atoms with Crippen LogP contribution in [-0.2, 0) is 117 Å². The van der Waals surface area contributed by atoms with Gasteiger partial charge in [-0.2, -0.15) is 4.91 Å². The Labute approximate surface area is 909 Å². The Bertz CT molecular complexity index is 5350. The first kappa shape index (κ1) is 145. The number of nitrogens with one attached hydrogen (secondary N) is 3. The molecule has 9 aromatic rings. The number of anilines is 2. The molecule has 31 nitrogen and oxygen atoms in total. The number of hydrogen-bond donors (Lipinski definition) is 7. The number of likely N-dealkylation sites (tertiary alicyclic amines) is 1. The van der Waals surface area contributed by atoms with E-state index in [-0.39, 0.29) is 125 Å². The zero-order valence-electron chi connectivity index (χ0n) is 93.2. The standard InChI is InChI=1S/C23H27NO4.C21H21NO4.C18H25NO5.C13H17NO3.C11H19NO5.C8H9NO.C7H7Br.C6H8N2.5C2H6.Li.H2O/c1-4-28-22(27)23(18(3)25,15-19-11-7-5-8-12-19)16-21(26)24-17(2)20-13-9-6-10-14-20;1-15(17-10-6-3-7-11-17)22-19(25)13-21(20(22)26,18(24)14-23)12-16-8-4-2-5-9-16;1-6-23-15(21)18(13(2)20,12-14-10-8-7-9-11-14)19-16(22)24-17(3,4)5;1-3-17-12(16)13(14,10(2)15)9-11-7-5-4-6-8-11;1-6-16-9(14)8(7(2)13)12-10(15)17-11(3,4)5;1-7(9-10)8-5-3-2-4-6-8;8-6-7-4-2-1-3-5-7;7-5-3-1-2-4-6(5)8;5*1-2;;/h5-14,17H,4,15-16H2,1-3H3,(H,24,26);2-11,15,23H,12-14H2,1H3;7-11H,6,12H2,1-5H3,(H,19,22);4-8H,3,9,14H2,1-2H3;8H,6H2,1-5H3,(H,12,15);2-7H,1H3;1-5H,6H2;1-4H,7-8H2;5*1-2H3;;1H2/q;;;;;;;;;;;;;+1;/p-1/t17-,23?;15-,21?;;;;7-;;;;;;;;;/m11...1........./s1. The van der Waals surface area contributed by atoms with Gasteiger partial charge in [-0.3, -0.25) is 53.4 Å². The average molecular weight is 2140 g/mol. The van der Waals surface area contributed by atoms with Crippen molar-refractivity contribution in [1.82, 2.24) is 20.9 Å². The number of esters is 4. The number of halogens is 1. The maximum Gasteiger partial charge on any atom is 1.00 e. The second-order valence-electron chi connectivity index (χ2n) is 33.8. The van der Waals surface area contributed by atoms with Crippen molar-refractivity contribution in [3.8, 4) is 0 Å². The van der Waals surface area contributed by atoms with Crippen molar-refractivity contribution in [1.29, 1.82) is 0 Å². The van der Waals surface area contributed by atoms with Crippen LogP contribution in [0.3, 0.4) is 0 Å². The number of ketones is 5. The Hall–Kier alpha value is -13.5. The molecule has 1 fully saturated rings. The molecule has 0 saturated carbocycles. The van der Waals surface area contributed by atoms with E-state index in [1.807, 2.05) is 295 Å². The molecular formula is C117H164BrLiN8O23. The number of carbonyl (C=O) groups excluding carboxylic acids is 14. The number of amides is 5. The van der Waals surface area contributed by atoms with E-state index in [2.05, 4.69) is 53.9 Å². The molecular weight excluding hydrogens is 1970 g/mol. The molecule has 33 heteroatoms. The molecule has 150 heavy (non-hydrogen) atoms. The summed E-state index contributed by atoms with van der Waals surface area (Å²) in [5.41, 5.74) is 17.2. The topological polar surface area (TPSA) is 491 Å². The van der Waals surface area contributed by atoms with Crippen molar-refractivity contribution < 1.29 is 125 Å². The predicted molar refractivity (Wildman–Crippen MR) is 592 cm³/mol. The number of ether oxygens (including phenoxy) is 6. The molecule has 0 radical (unpaired) electrons. The largest absolute Gasteiger partial charge is 1.00 e. The number of aliphatic hydroxyl groups excluding tert-OH is 1. The summed E-state index contributed by atoms with van der Waals surface area (Å²) in [5, 5.41) is 20.8. The second kappa shape index (κ2) is 79.6. The van der Waals surface area contributed by atoms with E-state index in [0.717, 1.165) is 44.3 Å². The van der Waals surface area contributed by atoms with Gasteiger partial charge in [0.2, 0.25) is 23.3 Å². The molecule has 818 valence electrons. The monoisotopic (exact) mass is 2140 g/mol. The van der Waals surface area contributed by atoms with Gasteiger partial charge in [0.15, 0.2) is 34.7 Å². The van der Waals surface area contributed by atoms with Crippen LogP contribution in [0.5, 0.6) is 0 Å². The number of Topliss-reactive ketones (excluding diaryl/α,β-unsaturated/α-hetero) is 5. The van der Waals surface area contributed by atoms with Crippen LogP contribution >= 0.6 is 15.9 Å². The molecule has 11 N–H and O–H groups in total. The fourth-order valence-corrected chi connectivity index (χ4v) is 13.7. The minimum Gasteiger partial charge on any atom is -0.870 e. The maximum atomic E-state index is 13.2. The first-order valence-electron chi connectivity index (χ1n) is 49.9. The first-order valence-corrected chi connectivity index (χ1v) is 51.0. The fourth-order valence-electron chi connectivity index (χ4n) is 13.3. The minimum atomic E-state index is -1.82. The number of para-hydroxylation sites is 2. The molecule has 1 heterocycles. The molecule has 0 aliphatic carbocycles. The minimum absolute atomic E-state index is 0. The van der Waals surface area contributed by atoms with Gasteiger partial charge in [-0.1, -0.05) is 345 Å². The van der Waals surface area contributed by atoms with E-state index >= 15 is 0 Å². The number of aliphatic hydroxyl groups is 1. The summed E-state index contributed by atoms with van der Waals surface area (Å²) in [6.45, 7) is 47.1. The van der Waals surface area contributed by atoms with E-state index in [9.17, 15) is 77.1 Å². The number of nitrogens with zero attached hydrogens (tertiary/aromatic N) is 2. The van der Waals surface area contributed by atoms with Crippen molar-refractivity contribution in [2.24, 2.45) is 21.7 Å². The molecule has 0 spiro atoms. The quantitative estimate of drug-likeness (QED) is 0.00293. The Kier molecular flexibility index (Phi) is 76.9. The number of alkyl carbamates (subject to hydrolysis) is 2. The molecule has 5 amide bonds. The van der Waals surface area contributed by atoms with Crippen LogP contribution in [0.25, 0.3) is 0 Å². The maximum absolute atomic E-state index is 13.2. The number of nitrogens with two attached hydrogens (primary N) is 3. The Morgan fingerprint density at radius 2 is 0.793 bits per heavy atom. The molecule has 0 aromatic heterocycles. The van der Waals surface area contributed by atoms with E-state index in [4.69, 9.17) is 40.9 Å². The summed E-state index contributed by atoms with van der Waals surface area (Å²) in [4.78, 5) is 182. The van der Waals surface area contributed by atoms with Gasteiger partial charge in [0.25, 0.3) is 0 Å². The van der Waals surface area contributed by atoms with Crippen LogP contribution in [0.1, 0.15) is 262 Å². The number of carbonyl (C=O) groups is 14. The third kappa shape index (κ3) is 53.1. The second-order valence-corrected chi connectivity index (χ2v) is 34.4. The van der Waals surface area contributed by atoms with Gasteiger partial charge < -0.3 is 66.8 Å². The van der Waals surface area contributed by atoms with E-state index in [1.165, 1.54) is 38.2 Å². The molecule has 8 atom stereocenters. The number of nitrogen functional groups attached to an aromatic ring is 2. The Morgan fingerprint density at radius 1 is 0.447 bits per heavy atom. The zero-order valence-corrected chi connectivity index (χ0v) is 94.8. The number of alkyl halides is 1. The summed E-state index contributed by atoms with van der Waals surface area (Å²) < 4.78 is 29.9. The van der Waals surface area contributed by atoms with Gasteiger partial charge in [-0.05, 0) is 187 Å².